The molecule has 0 spiro atoms. The van der Waals surface area contributed by atoms with Crippen molar-refractivity contribution in [2.24, 2.45) is 0 Å². The minimum Gasteiger partial charge on any atom is -0.355 e. The summed E-state index contributed by atoms with van der Waals surface area (Å²) in [7, 11) is 1.91. The maximum atomic E-state index is 14.0. The molecule has 0 bridgehead atoms. The van der Waals surface area contributed by atoms with E-state index in [1.807, 2.05) is 36.2 Å². The number of amides is 1. The fourth-order valence-electron chi connectivity index (χ4n) is 2.86. The van der Waals surface area contributed by atoms with Gasteiger partial charge >= 0.3 is 0 Å². The number of hydrogen-bond acceptors (Lipinski definition) is 4. The highest BCUT2D eigenvalue weighted by Crippen LogP contribution is 2.31. The zero-order valence-electron chi connectivity index (χ0n) is 13.1. The van der Waals surface area contributed by atoms with E-state index >= 15 is 0 Å². The second-order valence-corrected chi connectivity index (χ2v) is 5.72. The van der Waals surface area contributed by atoms with Crippen LogP contribution >= 0.6 is 0 Å². The van der Waals surface area contributed by atoms with Gasteiger partial charge in [0.05, 0.1) is 16.6 Å². The molecule has 120 valence electrons. The third kappa shape index (κ3) is 2.27. The third-order valence-electron chi connectivity index (χ3n) is 4.16. The number of carbonyl (C=O) groups excluding carboxylic acids is 1. The van der Waals surface area contributed by atoms with Gasteiger partial charge < -0.3 is 4.90 Å². The third-order valence-corrected chi connectivity index (χ3v) is 4.16. The summed E-state index contributed by atoms with van der Waals surface area (Å²) >= 11 is 0. The number of hydrogen-bond donors (Lipinski definition) is 0. The second-order valence-electron chi connectivity index (χ2n) is 5.72. The Bertz CT molecular complexity index is 943. The molecule has 24 heavy (non-hydrogen) atoms. The molecule has 1 aliphatic heterocycles. The predicted octanol–water partition coefficient (Wildman–Crippen LogP) is 2.87. The number of rotatable bonds is 1. The van der Waals surface area contributed by atoms with Gasteiger partial charge in [0.2, 0.25) is 0 Å². The molecule has 0 saturated heterocycles. The van der Waals surface area contributed by atoms with Gasteiger partial charge in [0.15, 0.2) is 11.6 Å². The van der Waals surface area contributed by atoms with E-state index in [1.54, 1.807) is 12.1 Å². The van der Waals surface area contributed by atoms with Crippen molar-refractivity contribution in [3.8, 4) is 0 Å². The quantitative estimate of drug-likeness (QED) is 0.691. The van der Waals surface area contributed by atoms with Crippen LogP contribution in [0.25, 0.3) is 11.0 Å². The van der Waals surface area contributed by atoms with E-state index in [-0.39, 0.29) is 5.56 Å². The lowest BCUT2D eigenvalue weighted by molar-refractivity contribution is 0.0982. The normalized spacial score (nSPS) is 13.9. The van der Waals surface area contributed by atoms with Gasteiger partial charge in [0, 0.05) is 20.1 Å². The molecule has 2 aromatic carbocycles. The molecule has 2 heterocycles. The summed E-state index contributed by atoms with van der Waals surface area (Å²) in [6.45, 7) is 1.05. The number of aromatic nitrogens is 2. The number of fused-ring (bicyclic) bond motifs is 2. The van der Waals surface area contributed by atoms with Crippen LogP contribution in [-0.4, -0.2) is 36.0 Å². The van der Waals surface area contributed by atoms with E-state index in [2.05, 4.69) is 9.97 Å². The lowest BCUT2D eigenvalue weighted by Crippen LogP contribution is -2.44. The number of anilines is 2. The highest BCUT2D eigenvalue weighted by atomic mass is 19.1. The molecule has 3 aromatic rings. The standard InChI is InChI=1S/C18H15FN4O/c1-22-10-11-23(18(24)12-6-2-3-7-13(12)19)17-16(22)20-14-8-4-5-9-15(14)21-17/h2-9H,10-11H2,1H3. The van der Waals surface area contributed by atoms with E-state index in [4.69, 9.17) is 0 Å². The highest BCUT2D eigenvalue weighted by Gasteiger charge is 2.30. The molecule has 4 rings (SSSR count). The van der Waals surface area contributed by atoms with Crippen LogP contribution in [0, 0.1) is 5.82 Å². The monoisotopic (exact) mass is 322 g/mol. The van der Waals surface area contributed by atoms with Crippen LogP contribution in [-0.2, 0) is 0 Å². The SMILES string of the molecule is CN1CCN(C(=O)c2ccccc2F)c2nc3ccccc3nc21. The van der Waals surface area contributed by atoms with Gasteiger partial charge in [0.1, 0.15) is 5.82 Å². The molecule has 0 atom stereocenters. The minimum atomic E-state index is -0.531. The molecule has 0 saturated carbocycles. The zero-order chi connectivity index (χ0) is 16.7. The van der Waals surface area contributed by atoms with E-state index in [0.717, 1.165) is 5.52 Å². The summed E-state index contributed by atoms with van der Waals surface area (Å²) in [5, 5.41) is 0. The van der Waals surface area contributed by atoms with Crippen LogP contribution in [0.5, 0.6) is 0 Å². The average Bonchev–Trinajstić information content (AvgIpc) is 2.61. The molecule has 1 aromatic heterocycles. The van der Waals surface area contributed by atoms with Crippen molar-refractivity contribution >= 4 is 28.6 Å². The van der Waals surface area contributed by atoms with Crippen molar-refractivity contribution in [2.75, 3.05) is 29.9 Å². The summed E-state index contributed by atoms with van der Waals surface area (Å²) < 4.78 is 14.0. The van der Waals surface area contributed by atoms with Crippen LogP contribution in [0.1, 0.15) is 10.4 Å². The molecule has 1 amide bonds. The fraction of sp³-hybridized carbons (Fsp3) is 0.167. The molecule has 0 fully saturated rings. The number of para-hydroxylation sites is 2. The van der Waals surface area contributed by atoms with E-state index in [9.17, 15) is 9.18 Å². The topological polar surface area (TPSA) is 49.3 Å². The average molecular weight is 322 g/mol. The first-order valence-corrected chi connectivity index (χ1v) is 7.69. The Balaban J connectivity index is 1.85. The molecule has 0 N–H and O–H groups in total. The van der Waals surface area contributed by atoms with Crippen LogP contribution < -0.4 is 9.80 Å². The van der Waals surface area contributed by atoms with Gasteiger partial charge in [-0.3, -0.25) is 9.69 Å². The number of benzene rings is 2. The van der Waals surface area contributed by atoms with Gasteiger partial charge in [-0.15, -0.1) is 0 Å². The number of halogens is 1. The largest absolute Gasteiger partial charge is 0.355 e. The van der Waals surface area contributed by atoms with Gasteiger partial charge in [-0.2, -0.15) is 0 Å². The van der Waals surface area contributed by atoms with E-state index in [0.29, 0.717) is 30.2 Å². The van der Waals surface area contributed by atoms with Gasteiger partial charge in [-0.1, -0.05) is 24.3 Å². The Morgan fingerprint density at radius 2 is 1.58 bits per heavy atom. The van der Waals surface area contributed by atoms with Crippen molar-refractivity contribution in [3.63, 3.8) is 0 Å². The van der Waals surface area contributed by atoms with E-state index in [1.165, 1.54) is 17.0 Å². The van der Waals surface area contributed by atoms with Crippen molar-refractivity contribution < 1.29 is 9.18 Å². The van der Waals surface area contributed by atoms with Gasteiger partial charge in [0.25, 0.3) is 5.91 Å². The lowest BCUT2D eigenvalue weighted by atomic mass is 10.1. The van der Waals surface area contributed by atoms with Crippen LogP contribution in [0.2, 0.25) is 0 Å². The Morgan fingerprint density at radius 3 is 2.29 bits per heavy atom. The number of nitrogens with zero attached hydrogens (tertiary/aromatic N) is 4. The fourth-order valence-corrected chi connectivity index (χ4v) is 2.86. The Morgan fingerprint density at radius 1 is 0.958 bits per heavy atom. The molecule has 0 unspecified atom stereocenters. The molecule has 1 aliphatic rings. The first-order valence-electron chi connectivity index (χ1n) is 7.69. The molecule has 0 radical (unpaired) electrons. The summed E-state index contributed by atoms with van der Waals surface area (Å²) in [4.78, 5) is 25.5. The van der Waals surface area contributed by atoms with Crippen molar-refractivity contribution in [1.29, 1.82) is 0 Å². The molecular formula is C18H15FN4O. The highest BCUT2D eigenvalue weighted by molar-refractivity contribution is 6.08. The summed E-state index contributed by atoms with van der Waals surface area (Å²) in [5.41, 5.74) is 1.52. The van der Waals surface area contributed by atoms with E-state index < -0.39 is 11.7 Å². The maximum absolute atomic E-state index is 14.0. The Kier molecular flexibility index (Phi) is 3.37. The number of carbonyl (C=O) groups is 1. The Labute approximate surface area is 138 Å². The molecular weight excluding hydrogens is 307 g/mol. The van der Waals surface area contributed by atoms with Crippen molar-refractivity contribution in [3.05, 3.63) is 59.9 Å². The zero-order valence-corrected chi connectivity index (χ0v) is 13.1. The van der Waals surface area contributed by atoms with Crippen molar-refractivity contribution in [1.82, 2.24) is 9.97 Å². The first-order chi connectivity index (χ1) is 11.6. The first kappa shape index (κ1) is 14.6. The maximum Gasteiger partial charge on any atom is 0.262 e. The van der Waals surface area contributed by atoms with Crippen LogP contribution in [0.3, 0.4) is 0 Å². The van der Waals surface area contributed by atoms with Crippen LogP contribution in [0.15, 0.2) is 48.5 Å². The summed E-state index contributed by atoms with van der Waals surface area (Å²) in [6, 6.07) is 13.5. The smallest absolute Gasteiger partial charge is 0.262 e. The van der Waals surface area contributed by atoms with Crippen LogP contribution in [0.4, 0.5) is 16.0 Å². The molecule has 5 nitrogen and oxygen atoms in total. The summed E-state index contributed by atoms with van der Waals surface area (Å²) in [6.07, 6.45) is 0. The summed E-state index contributed by atoms with van der Waals surface area (Å²) in [5.74, 6) is 0.170. The van der Waals surface area contributed by atoms with Crippen molar-refractivity contribution in [2.45, 2.75) is 0 Å². The second kappa shape index (κ2) is 5.56. The van der Waals surface area contributed by atoms with Gasteiger partial charge in [-0.05, 0) is 24.3 Å². The molecule has 0 aliphatic carbocycles. The predicted molar refractivity (Wildman–Crippen MR) is 90.9 cm³/mol. The molecule has 6 heteroatoms. The number of likely N-dealkylation sites (N-methyl/N-ethyl adjacent to an activating group) is 1. The minimum absolute atomic E-state index is 0.0444. The lowest BCUT2D eigenvalue weighted by Gasteiger charge is -2.33. The van der Waals surface area contributed by atoms with Gasteiger partial charge in [-0.25, -0.2) is 14.4 Å². The Hall–Kier alpha value is -3.02.